The van der Waals surface area contributed by atoms with E-state index in [1.807, 2.05) is 69.0 Å². The molecule has 1 heterocycles. The number of amides is 2. The Balaban J connectivity index is 1.62. The van der Waals surface area contributed by atoms with Crippen molar-refractivity contribution in [2.24, 2.45) is 0 Å². The number of hydrogen-bond donors (Lipinski definition) is 0. The Kier molecular flexibility index (Phi) is 9.95. The molecule has 2 aliphatic rings. The van der Waals surface area contributed by atoms with Gasteiger partial charge in [-0.15, -0.1) is 0 Å². The van der Waals surface area contributed by atoms with Crippen LogP contribution in [0.5, 0.6) is 5.75 Å². The van der Waals surface area contributed by atoms with Gasteiger partial charge in [-0.2, -0.15) is 0 Å². The van der Waals surface area contributed by atoms with Crippen LogP contribution in [0.3, 0.4) is 0 Å². The summed E-state index contributed by atoms with van der Waals surface area (Å²) in [5.74, 6) is 0.784. The van der Waals surface area contributed by atoms with Crippen LogP contribution in [0, 0.1) is 6.92 Å². The Bertz CT molecular complexity index is 1250. The summed E-state index contributed by atoms with van der Waals surface area (Å²) < 4.78 is 17.7. The third kappa shape index (κ3) is 8.33. The average Bonchev–Trinajstić information content (AvgIpc) is 3.73. The zero-order valence-electron chi connectivity index (χ0n) is 24.3. The molecule has 0 radical (unpaired) electrons. The third-order valence-corrected chi connectivity index (χ3v) is 7.39. The van der Waals surface area contributed by atoms with Crippen LogP contribution in [0.15, 0.2) is 52.5 Å². The zero-order chi connectivity index (χ0) is 28.9. The zero-order valence-corrected chi connectivity index (χ0v) is 25.9. The molecule has 7 nitrogen and oxygen atoms in total. The van der Waals surface area contributed by atoms with Gasteiger partial charge in [-0.3, -0.25) is 4.79 Å². The number of hydrogen-bond acceptors (Lipinski definition) is 5. The highest BCUT2D eigenvalue weighted by Crippen LogP contribution is 2.35. The average molecular weight is 614 g/mol. The molecular formula is C32H41BrN2O5. The molecule has 2 amide bonds. The first kappa shape index (κ1) is 30.1. The van der Waals surface area contributed by atoms with Gasteiger partial charge in [0, 0.05) is 49.3 Å². The molecule has 2 aromatic carbocycles. The largest absolute Gasteiger partial charge is 0.493 e. The molecule has 1 saturated carbocycles. The second-order valence-electron chi connectivity index (χ2n) is 11.6. The number of ether oxygens (including phenoxy) is 3. The number of benzene rings is 2. The number of aryl methyl sites for hydroxylation is 1. The second kappa shape index (κ2) is 13.2. The van der Waals surface area contributed by atoms with E-state index in [1.165, 1.54) is 0 Å². The fourth-order valence-electron chi connectivity index (χ4n) is 4.95. The summed E-state index contributed by atoms with van der Waals surface area (Å²) >= 11 is 3.58. The first-order valence-electron chi connectivity index (χ1n) is 14.0. The van der Waals surface area contributed by atoms with Crippen molar-refractivity contribution in [1.29, 1.82) is 0 Å². The molecule has 0 N–H and O–H groups in total. The van der Waals surface area contributed by atoms with Crippen molar-refractivity contribution in [1.82, 2.24) is 9.80 Å². The first-order chi connectivity index (χ1) is 19.0. The van der Waals surface area contributed by atoms with Gasteiger partial charge in [-0.25, -0.2) is 4.79 Å². The predicted molar refractivity (Wildman–Crippen MR) is 160 cm³/mol. The van der Waals surface area contributed by atoms with Crippen LogP contribution in [0.2, 0.25) is 0 Å². The molecule has 0 saturated heterocycles. The van der Waals surface area contributed by atoms with Crippen LogP contribution in [0.25, 0.3) is 5.57 Å². The molecule has 216 valence electrons. The van der Waals surface area contributed by atoms with Gasteiger partial charge < -0.3 is 24.0 Å². The van der Waals surface area contributed by atoms with Crippen LogP contribution in [-0.2, 0) is 20.8 Å². The van der Waals surface area contributed by atoms with Crippen LogP contribution in [0.1, 0.15) is 63.1 Å². The van der Waals surface area contributed by atoms with E-state index in [9.17, 15) is 9.59 Å². The van der Waals surface area contributed by atoms with Crippen molar-refractivity contribution in [2.45, 2.75) is 71.6 Å². The predicted octanol–water partition coefficient (Wildman–Crippen LogP) is 6.76. The molecular weight excluding hydrogens is 572 g/mol. The SMILES string of the molecule is COCCCOc1cc(C)cc(CN(C(=O)C2=C(c3cccc(Br)c3)CCN(C(=O)OC(C)(C)C)C2)C2CC2)c1. The van der Waals surface area contributed by atoms with Gasteiger partial charge in [-0.1, -0.05) is 34.1 Å². The van der Waals surface area contributed by atoms with Crippen molar-refractivity contribution in [3.05, 3.63) is 69.2 Å². The molecule has 0 atom stereocenters. The van der Waals surface area contributed by atoms with Crippen molar-refractivity contribution in [3.8, 4) is 5.75 Å². The highest BCUT2D eigenvalue weighted by Gasteiger charge is 2.38. The lowest BCUT2D eigenvalue weighted by atomic mass is 9.92. The molecule has 1 fully saturated rings. The van der Waals surface area contributed by atoms with Crippen LogP contribution >= 0.6 is 15.9 Å². The van der Waals surface area contributed by atoms with E-state index in [2.05, 4.69) is 22.0 Å². The van der Waals surface area contributed by atoms with Crippen LogP contribution in [0.4, 0.5) is 4.79 Å². The Labute approximate surface area is 246 Å². The summed E-state index contributed by atoms with van der Waals surface area (Å²) in [6, 6.07) is 14.4. The van der Waals surface area contributed by atoms with E-state index in [1.54, 1.807) is 12.0 Å². The minimum absolute atomic E-state index is 0.0187. The molecule has 1 aliphatic carbocycles. The summed E-state index contributed by atoms with van der Waals surface area (Å²) in [6.07, 6.45) is 2.96. The maximum Gasteiger partial charge on any atom is 0.410 e. The molecule has 0 unspecified atom stereocenters. The van der Waals surface area contributed by atoms with Crippen molar-refractivity contribution >= 4 is 33.5 Å². The molecule has 8 heteroatoms. The summed E-state index contributed by atoms with van der Waals surface area (Å²) in [5, 5.41) is 0. The van der Waals surface area contributed by atoms with E-state index < -0.39 is 11.7 Å². The van der Waals surface area contributed by atoms with Crippen LogP contribution in [-0.4, -0.2) is 66.9 Å². The van der Waals surface area contributed by atoms with E-state index in [4.69, 9.17) is 14.2 Å². The van der Waals surface area contributed by atoms with E-state index in [-0.39, 0.29) is 18.5 Å². The van der Waals surface area contributed by atoms with Crippen molar-refractivity contribution in [2.75, 3.05) is 33.4 Å². The normalized spacial score (nSPS) is 15.7. The molecule has 40 heavy (non-hydrogen) atoms. The second-order valence-corrected chi connectivity index (χ2v) is 12.5. The number of carbonyl (C=O) groups excluding carboxylic acids is 2. The summed E-state index contributed by atoms with van der Waals surface area (Å²) in [6.45, 7) is 10.1. The van der Waals surface area contributed by atoms with E-state index >= 15 is 0 Å². The lowest BCUT2D eigenvalue weighted by Gasteiger charge is -2.34. The summed E-state index contributed by atoms with van der Waals surface area (Å²) in [7, 11) is 1.69. The highest BCUT2D eigenvalue weighted by molar-refractivity contribution is 9.10. The van der Waals surface area contributed by atoms with Crippen molar-refractivity contribution in [3.63, 3.8) is 0 Å². The first-order valence-corrected chi connectivity index (χ1v) is 14.8. The highest BCUT2D eigenvalue weighted by atomic mass is 79.9. The lowest BCUT2D eigenvalue weighted by Crippen LogP contribution is -2.44. The van der Waals surface area contributed by atoms with Gasteiger partial charge >= 0.3 is 6.09 Å². The summed E-state index contributed by atoms with van der Waals surface area (Å²) in [5.41, 5.74) is 4.16. The number of halogens is 1. The van der Waals surface area contributed by atoms with Gasteiger partial charge in [-0.05, 0) is 93.5 Å². The maximum absolute atomic E-state index is 14.4. The van der Waals surface area contributed by atoms with Crippen LogP contribution < -0.4 is 4.74 Å². The lowest BCUT2D eigenvalue weighted by molar-refractivity contribution is -0.128. The number of carbonyl (C=O) groups is 2. The fraction of sp³-hybridized carbons (Fsp3) is 0.500. The fourth-order valence-corrected chi connectivity index (χ4v) is 5.35. The molecule has 4 rings (SSSR count). The van der Waals surface area contributed by atoms with Gasteiger partial charge in [0.1, 0.15) is 11.4 Å². The molecule has 0 bridgehead atoms. The van der Waals surface area contributed by atoms with Gasteiger partial charge in [0.2, 0.25) is 0 Å². The van der Waals surface area contributed by atoms with Gasteiger partial charge in [0.15, 0.2) is 0 Å². The van der Waals surface area contributed by atoms with Crippen molar-refractivity contribution < 1.29 is 23.8 Å². The molecule has 2 aromatic rings. The Morgan fingerprint density at radius 2 is 1.88 bits per heavy atom. The van der Waals surface area contributed by atoms with Gasteiger partial charge in [0.05, 0.1) is 13.2 Å². The Morgan fingerprint density at radius 1 is 1.10 bits per heavy atom. The quantitative estimate of drug-likeness (QED) is 0.277. The number of methoxy groups -OCH3 is 1. The number of rotatable bonds is 10. The summed E-state index contributed by atoms with van der Waals surface area (Å²) in [4.78, 5) is 31.0. The van der Waals surface area contributed by atoms with Gasteiger partial charge in [0.25, 0.3) is 5.91 Å². The number of nitrogens with zero attached hydrogens (tertiary/aromatic N) is 2. The van der Waals surface area contributed by atoms with E-state index in [0.29, 0.717) is 38.3 Å². The van der Waals surface area contributed by atoms with E-state index in [0.717, 1.165) is 51.7 Å². The monoisotopic (exact) mass is 612 g/mol. The minimum atomic E-state index is -0.607. The third-order valence-electron chi connectivity index (χ3n) is 6.90. The molecule has 1 aliphatic heterocycles. The topological polar surface area (TPSA) is 68.3 Å². The Morgan fingerprint density at radius 3 is 2.55 bits per heavy atom. The maximum atomic E-state index is 14.4. The minimum Gasteiger partial charge on any atom is -0.493 e. The Hall–Kier alpha value is -2.84. The molecule has 0 spiro atoms. The smallest absolute Gasteiger partial charge is 0.410 e. The molecule has 0 aromatic heterocycles. The standard InChI is InChI=1S/C32H41BrN2O5/c1-22-16-23(18-27(17-22)39-15-7-14-38-5)20-35(26-10-11-26)30(36)29-21-34(31(37)40-32(2,3)4)13-12-28(29)24-8-6-9-25(33)19-24/h6,8-9,16-19,26H,7,10-15,20-21H2,1-5H3.